The molecule has 2 N–H and O–H groups in total. The average Bonchev–Trinajstić information content (AvgIpc) is 2.84. The normalized spacial score (nSPS) is 13.5. The Morgan fingerprint density at radius 3 is 2.55 bits per heavy atom. The van der Waals surface area contributed by atoms with Crippen molar-refractivity contribution in [3.05, 3.63) is 35.9 Å². The molecule has 1 aliphatic heterocycles. The van der Waals surface area contributed by atoms with Crippen molar-refractivity contribution in [3.63, 3.8) is 0 Å². The van der Waals surface area contributed by atoms with Crippen molar-refractivity contribution in [1.29, 1.82) is 0 Å². The molecule has 0 aliphatic carbocycles. The molecular formula is C17H17N3O2. The van der Waals surface area contributed by atoms with Crippen molar-refractivity contribution in [1.82, 2.24) is 9.55 Å². The first-order valence-corrected chi connectivity index (χ1v) is 7.26. The summed E-state index contributed by atoms with van der Waals surface area (Å²) in [5, 5.41) is 0. The van der Waals surface area contributed by atoms with Crippen LogP contribution in [0.4, 0.5) is 5.69 Å². The van der Waals surface area contributed by atoms with Crippen LogP contribution in [0.2, 0.25) is 0 Å². The summed E-state index contributed by atoms with van der Waals surface area (Å²) < 4.78 is 13.3. The van der Waals surface area contributed by atoms with Gasteiger partial charge in [-0.25, -0.2) is 4.98 Å². The Labute approximate surface area is 128 Å². The molecular weight excluding hydrogens is 278 g/mol. The summed E-state index contributed by atoms with van der Waals surface area (Å²) >= 11 is 0. The minimum absolute atomic E-state index is 0.576. The number of hydrogen-bond donors (Lipinski definition) is 1. The Hall–Kier alpha value is -2.69. The van der Waals surface area contributed by atoms with Crippen LogP contribution in [0.1, 0.15) is 5.56 Å². The van der Waals surface area contributed by atoms with Crippen molar-refractivity contribution < 1.29 is 9.47 Å². The van der Waals surface area contributed by atoms with E-state index in [1.54, 1.807) is 0 Å². The molecule has 1 aromatic heterocycles. The number of anilines is 1. The number of nitrogens with two attached hydrogens (primary N) is 1. The van der Waals surface area contributed by atoms with Gasteiger partial charge in [-0.1, -0.05) is 12.1 Å². The van der Waals surface area contributed by atoms with Crippen LogP contribution in [0.5, 0.6) is 11.5 Å². The van der Waals surface area contributed by atoms with Gasteiger partial charge in [0.1, 0.15) is 19.0 Å². The quantitative estimate of drug-likeness (QED) is 0.701. The predicted molar refractivity (Wildman–Crippen MR) is 86.3 cm³/mol. The first-order valence-electron chi connectivity index (χ1n) is 7.26. The second-order valence-electron chi connectivity index (χ2n) is 5.55. The molecule has 0 radical (unpaired) electrons. The molecule has 0 bridgehead atoms. The summed E-state index contributed by atoms with van der Waals surface area (Å²) in [6.45, 7) is 3.15. The Morgan fingerprint density at radius 2 is 1.82 bits per heavy atom. The van der Waals surface area contributed by atoms with E-state index in [2.05, 4.69) is 4.57 Å². The highest BCUT2D eigenvalue weighted by Gasteiger charge is 2.17. The van der Waals surface area contributed by atoms with Crippen molar-refractivity contribution in [2.45, 2.75) is 6.92 Å². The van der Waals surface area contributed by atoms with Gasteiger partial charge in [0.15, 0.2) is 11.5 Å². The van der Waals surface area contributed by atoms with E-state index in [4.69, 9.17) is 20.2 Å². The number of nitrogens with zero attached hydrogens (tertiary/aromatic N) is 2. The fourth-order valence-corrected chi connectivity index (χ4v) is 2.77. The minimum Gasteiger partial charge on any atom is -0.486 e. The van der Waals surface area contributed by atoms with Crippen molar-refractivity contribution >= 4 is 16.7 Å². The molecule has 0 fully saturated rings. The number of ether oxygens (including phenoxy) is 2. The lowest BCUT2D eigenvalue weighted by atomic mass is 10.1. The maximum absolute atomic E-state index is 6.02. The maximum Gasteiger partial charge on any atom is 0.163 e. The van der Waals surface area contributed by atoms with Crippen LogP contribution in [0.25, 0.3) is 22.4 Å². The van der Waals surface area contributed by atoms with E-state index in [9.17, 15) is 0 Å². The largest absolute Gasteiger partial charge is 0.486 e. The zero-order valence-electron chi connectivity index (χ0n) is 12.6. The smallest absolute Gasteiger partial charge is 0.163 e. The molecule has 0 atom stereocenters. The summed E-state index contributed by atoms with van der Waals surface area (Å²) in [5.74, 6) is 2.41. The molecule has 0 unspecified atom stereocenters. The van der Waals surface area contributed by atoms with Gasteiger partial charge in [0.05, 0.1) is 11.0 Å². The molecule has 0 spiro atoms. The van der Waals surface area contributed by atoms with Gasteiger partial charge in [0.2, 0.25) is 0 Å². The van der Waals surface area contributed by atoms with E-state index in [0.717, 1.165) is 45.2 Å². The number of hydrogen-bond acceptors (Lipinski definition) is 4. The van der Waals surface area contributed by atoms with Crippen molar-refractivity contribution in [2.75, 3.05) is 18.9 Å². The topological polar surface area (TPSA) is 62.3 Å². The molecule has 4 rings (SSSR count). The molecule has 0 saturated carbocycles. The predicted octanol–water partition coefficient (Wildman–Crippen LogP) is 2.90. The fourth-order valence-electron chi connectivity index (χ4n) is 2.77. The molecule has 3 aromatic rings. The molecule has 0 saturated heterocycles. The highest BCUT2D eigenvalue weighted by atomic mass is 16.6. The lowest BCUT2D eigenvalue weighted by Crippen LogP contribution is -2.15. The SMILES string of the molecule is Cc1ccc(-c2nc3cc4c(cc3n2C)OCCO4)cc1N. The summed E-state index contributed by atoms with van der Waals surface area (Å²) in [5.41, 5.74) is 10.8. The Morgan fingerprint density at radius 1 is 1.09 bits per heavy atom. The monoisotopic (exact) mass is 295 g/mol. The van der Waals surface area contributed by atoms with Crippen molar-refractivity contribution in [2.24, 2.45) is 7.05 Å². The van der Waals surface area contributed by atoms with Gasteiger partial charge in [-0.3, -0.25) is 0 Å². The summed E-state index contributed by atoms with van der Waals surface area (Å²) in [6, 6.07) is 9.94. The van der Waals surface area contributed by atoms with Gasteiger partial charge in [-0.15, -0.1) is 0 Å². The van der Waals surface area contributed by atoms with Gasteiger partial charge >= 0.3 is 0 Å². The van der Waals surface area contributed by atoms with E-state index >= 15 is 0 Å². The lowest BCUT2D eigenvalue weighted by Gasteiger charge is -2.18. The molecule has 2 aromatic carbocycles. The zero-order valence-corrected chi connectivity index (χ0v) is 12.6. The molecule has 0 amide bonds. The van der Waals surface area contributed by atoms with E-state index in [0.29, 0.717) is 13.2 Å². The van der Waals surface area contributed by atoms with E-state index in [1.165, 1.54) is 0 Å². The van der Waals surface area contributed by atoms with Crippen molar-refractivity contribution in [3.8, 4) is 22.9 Å². The first kappa shape index (κ1) is 13.0. The van der Waals surface area contributed by atoms with Crippen LogP contribution < -0.4 is 15.2 Å². The number of benzene rings is 2. The van der Waals surface area contributed by atoms with Gasteiger partial charge in [0, 0.05) is 30.4 Å². The Kier molecular flexibility index (Phi) is 2.76. The van der Waals surface area contributed by atoms with Crippen LogP contribution in [0.3, 0.4) is 0 Å². The number of nitrogen functional groups attached to an aromatic ring is 1. The molecule has 1 aliphatic rings. The summed E-state index contributed by atoms with van der Waals surface area (Å²) in [4.78, 5) is 4.73. The second kappa shape index (κ2) is 4.66. The maximum atomic E-state index is 6.02. The van der Waals surface area contributed by atoms with Crippen LogP contribution in [-0.4, -0.2) is 22.8 Å². The lowest BCUT2D eigenvalue weighted by molar-refractivity contribution is 0.172. The van der Waals surface area contributed by atoms with Crippen LogP contribution in [-0.2, 0) is 7.05 Å². The van der Waals surface area contributed by atoms with Gasteiger partial charge in [-0.2, -0.15) is 0 Å². The fraction of sp³-hybridized carbons (Fsp3) is 0.235. The second-order valence-corrected chi connectivity index (χ2v) is 5.55. The third-order valence-corrected chi connectivity index (χ3v) is 4.08. The standard InChI is InChI=1S/C17H17N3O2/c1-10-3-4-11(7-12(10)18)17-19-13-8-15-16(22-6-5-21-15)9-14(13)20(17)2/h3-4,7-9H,5-6,18H2,1-2H3. The number of fused-ring (bicyclic) bond motifs is 2. The Bertz CT molecular complexity index is 883. The molecule has 5 heteroatoms. The average molecular weight is 295 g/mol. The summed E-state index contributed by atoms with van der Waals surface area (Å²) in [6.07, 6.45) is 0. The molecule has 22 heavy (non-hydrogen) atoms. The first-order chi connectivity index (χ1) is 10.6. The van der Waals surface area contributed by atoms with Gasteiger partial charge < -0.3 is 19.8 Å². The zero-order chi connectivity index (χ0) is 15.3. The van der Waals surface area contributed by atoms with Gasteiger partial charge in [0.25, 0.3) is 0 Å². The van der Waals surface area contributed by atoms with E-state index in [1.807, 2.05) is 44.3 Å². The number of aryl methyl sites for hydroxylation is 2. The van der Waals surface area contributed by atoms with E-state index < -0.39 is 0 Å². The molecule has 112 valence electrons. The molecule has 5 nitrogen and oxygen atoms in total. The third-order valence-electron chi connectivity index (χ3n) is 4.08. The van der Waals surface area contributed by atoms with Crippen LogP contribution in [0.15, 0.2) is 30.3 Å². The highest BCUT2D eigenvalue weighted by Crippen LogP contribution is 2.36. The highest BCUT2D eigenvalue weighted by molar-refractivity contribution is 5.84. The Balaban J connectivity index is 1.91. The van der Waals surface area contributed by atoms with Crippen LogP contribution >= 0.6 is 0 Å². The molecule has 2 heterocycles. The minimum atomic E-state index is 0.576. The summed E-state index contributed by atoms with van der Waals surface area (Å²) in [7, 11) is 2.00. The van der Waals surface area contributed by atoms with Gasteiger partial charge in [-0.05, 0) is 18.6 Å². The number of aromatic nitrogens is 2. The van der Waals surface area contributed by atoms with E-state index in [-0.39, 0.29) is 0 Å². The number of rotatable bonds is 1. The third kappa shape index (κ3) is 1.89. The number of imidazole rings is 1. The van der Waals surface area contributed by atoms with Crippen LogP contribution in [0, 0.1) is 6.92 Å².